The number of hydrogen-bond acceptors (Lipinski definition) is 0. The van der Waals surface area contributed by atoms with Crippen molar-refractivity contribution in [3.05, 3.63) is 6.42 Å². The van der Waals surface area contributed by atoms with Gasteiger partial charge in [-0.15, -0.1) is 0 Å². The second kappa shape index (κ2) is 9.00. The Morgan fingerprint density at radius 3 is 2.06 bits per heavy atom. The largest absolute Gasteiger partial charge is 0.0654 e. The van der Waals surface area contributed by atoms with Crippen LogP contribution >= 0.6 is 0 Å². The van der Waals surface area contributed by atoms with Gasteiger partial charge in [0.25, 0.3) is 0 Å². The third-order valence-electron chi connectivity index (χ3n) is 4.34. The maximum absolute atomic E-state index is 2.55. The molecule has 0 heteroatoms. The lowest BCUT2D eigenvalue weighted by atomic mass is 9.92. The van der Waals surface area contributed by atoms with Crippen LogP contribution < -0.4 is 0 Å². The summed E-state index contributed by atoms with van der Waals surface area (Å²) in [5.41, 5.74) is 0.790. The predicted octanol–water partition coefficient (Wildman–Crippen LogP) is 6.30. The van der Waals surface area contributed by atoms with Crippen molar-refractivity contribution in [2.45, 2.75) is 97.3 Å². The predicted molar refractivity (Wildman–Crippen MR) is 78.1 cm³/mol. The zero-order chi connectivity index (χ0) is 12.4. The van der Waals surface area contributed by atoms with Crippen LogP contribution in [0.15, 0.2) is 0 Å². The highest BCUT2D eigenvalue weighted by Crippen LogP contribution is 2.53. The fourth-order valence-electron chi connectivity index (χ4n) is 2.80. The van der Waals surface area contributed by atoms with E-state index in [0.717, 1.165) is 5.41 Å². The summed E-state index contributed by atoms with van der Waals surface area (Å²) < 4.78 is 0. The summed E-state index contributed by atoms with van der Waals surface area (Å²) in [7, 11) is 0. The number of rotatable bonds is 12. The molecule has 101 valence electrons. The molecule has 0 heterocycles. The molecule has 0 amide bonds. The molecule has 1 radical (unpaired) electrons. The van der Waals surface area contributed by atoms with E-state index in [-0.39, 0.29) is 0 Å². The van der Waals surface area contributed by atoms with E-state index < -0.39 is 0 Å². The molecule has 1 fully saturated rings. The van der Waals surface area contributed by atoms with Crippen molar-refractivity contribution in [3.8, 4) is 0 Å². The van der Waals surface area contributed by atoms with E-state index in [2.05, 4.69) is 20.3 Å². The van der Waals surface area contributed by atoms with Gasteiger partial charge in [-0.3, -0.25) is 0 Å². The Balaban J connectivity index is 1.88. The molecule has 0 aromatic carbocycles. The third kappa shape index (κ3) is 7.11. The Kier molecular flexibility index (Phi) is 7.97. The summed E-state index contributed by atoms with van der Waals surface area (Å²) in [6.07, 6.45) is 21.4. The molecule has 0 unspecified atom stereocenters. The van der Waals surface area contributed by atoms with Crippen LogP contribution in [0.1, 0.15) is 97.3 Å². The summed E-state index contributed by atoms with van der Waals surface area (Å²) >= 11 is 0. The molecule has 0 spiro atoms. The Labute approximate surface area is 110 Å². The van der Waals surface area contributed by atoms with Crippen molar-refractivity contribution in [2.24, 2.45) is 5.41 Å². The van der Waals surface area contributed by atoms with Gasteiger partial charge in [-0.05, 0) is 37.5 Å². The van der Waals surface area contributed by atoms with Crippen LogP contribution in [0, 0.1) is 11.8 Å². The SMILES string of the molecule is CCC[CH]CC1(CCCCCCCCC)CC1. The summed E-state index contributed by atoms with van der Waals surface area (Å²) in [6, 6.07) is 0. The second-order valence-electron chi connectivity index (χ2n) is 6.15. The van der Waals surface area contributed by atoms with Gasteiger partial charge >= 0.3 is 0 Å². The van der Waals surface area contributed by atoms with E-state index in [1.165, 1.54) is 83.5 Å². The average molecular weight is 237 g/mol. The molecular weight excluding hydrogens is 204 g/mol. The van der Waals surface area contributed by atoms with Gasteiger partial charge < -0.3 is 0 Å². The molecule has 0 aromatic heterocycles. The highest BCUT2D eigenvalue weighted by molar-refractivity contribution is 4.96. The van der Waals surface area contributed by atoms with E-state index in [0.29, 0.717) is 0 Å². The Morgan fingerprint density at radius 2 is 1.47 bits per heavy atom. The minimum absolute atomic E-state index is 0.790. The highest BCUT2D eigenvalue weighted by atomic mass is 14.5. The van der Waals surface area contributed by atoms with E-state index in [1.54, 1.807) is 0 Å². The normalized spacial score (nSPS) is 17.3. The van der Waals surface area contributed by atoms with Gasteiger partial charge in [0.2, 0.25) is 0 Å². The van der Waals surface area contributed by atoms with Gasteiger partial charge in [-0.1, -0.05) is 71.6 Å². The fourth-order valence-corrected chi connectivity index (χ4v) is 2.80. The zero-order valence-corrected chi connectivity index (χ0v) is 12.3. The Morgan fingerprint density at radius 1 is 0.824 bits per heavy atom. The molecular formula is C17H33. The molecule has 1 aliphatic rings. The summed E-state index contributed by atoms with van der Waals surface area (Å²) in [4.78, 5) is 0. The molecule has 0 bridgehead atoms. The molecule has 0 atom stereocenters. The highest BCUT2D eigenvalue weighted by Gasteiger charge is 2.40. The monoisotopic (exact) mass is 237 g/mol. The molecule has 0 nitrogen and oxygen atoms in total. The quantitative estimate of drug-likeness (QED) is 0.349. The molecule has 0 aliphatic heterocycles. The lowest BCUT2D eigenvalue weighted by Gasteiger charge is -2.14. The van der Waals surface area contributed by atoms with Crippen molar-refractivity contribution in [3.63, 3.8) is 0 Å². The first kappa shape index (κ1) is 15.1. The first-order chi connectivity index (χ1) is 8.33. The van der Waals surface area contributed by atoms with Gasteiger partial charge in [0.05, 0.1) is 0 Å². The van der Waals surface area contributed by atoms with Crippen LogP contribution in [0.2, 0.25) is 0 Å². The van der Waals surface area contributed by atoms with Crippen LogP contribution in [-0.2, 0) is 0 Å². The maximum Gasteiger partial charge on any atom is -0.0294 e. The van der Waals surface area contributed by atoms with Gasteiger partial charge in [-0.2, -0.15) is 0 Å². The molecule has 17 heavy (non-hydrogen) atoms. The van der Waals surface area contributed by atoms with Gasteiger partial charge in [0.1, 0.15) is 0 Å². The van der Waals surface area contributed by atoms with Crippen molar-refractivity contribution >= 4 is 0 Å². The zero-order valence-electron chi connectivity index (χ0n) is 12.3. The minimum Gasteiger partial charge on any atom is -0.0654 e. The lowest BCUT2D eigenvalue weighted by molar-refractivity contribution is 0.420. The molecule has 1 aliphatic carbocycles. The maximum atomic E-state index is 2.55. The molecule has 1 saturated carbocycles. The van der Waals surface area contributed by atoms with Crippen LogP contribution in [0.3, 0.4) is 0 Å². The van der Waals surface area contributed by atoms with Crippen LogP contribution in [-0.4, -0.2) is 0 Å². The fraction of sp³-hybridized carbons (Fsp3) is 0.941. The van der Waals surface area contributed by atoms with Crippen LogP contribution in [0.5, 0.6) is 0 Å². The van der Waals surface area contributed by atoms with E-state index in [4.69, 9.17) is 0 Å². The molecule has 1 rings (SSSR count). The van der Waals surface area contributed by atoms with Crippen molar-refractivity contribution in [1.82, 2.24) is 0 Å². The van der Waals surface area contributed by atoms with E-state index >= 15 is 0 Å². The van der Waals surface area contributed by atoms with E-state index in [1.807, 2.05) is 0 Å². The van der Waals surface area contributed by atoms with Gasteiger partial charge in [0, 0.05) is 0 Å². The van der Waals surface area contributed by atoms with Crippen LogP contribution in [0.25, 0.3) is 0 Å². The standard InChI is InChI=1S/C17H33/c1-3-5-7-8-9-10-12-14-17(15-16-17)13-11-6-4-2/h11H,3-10,12-16H2,1-2H3. The molecule has 0 saturated heterocycles. The molecule has 0 aromatic rings. The van der Waals surface area contributed by atoms with Gasteiger partial charge in [-0.25, -0.2) is 0 Å². The van der Waals surface area contributed by atoms with Crippen molar-refractivity contribution < 1.29 is 0 Å². The third-order valence-corrected chi connectivity index (χ3v) is 4.34. The smallest absolute Gasteiger partial charge is 0.0294 e. The lowest BCUT2D eigenvalue weighted by Crippen LogP contribution is -2.00. The summed E-state index contributed by atoms with van der Waals surface area (Å²) in [6.45, 7) is 4.58. The van der Waals surface area contributed by atoms with E-state index in [9.17, 15) is 0 Å². The first-order valence-electron chi connectivity index (χ1n) is 8.14. The Bertz CT molecular complexity index is 167. The van der Waals surface area contributed by atoms with Crippen molar-refractivity contribution in [1.29, 1.82) is 0 Å². The molecule has 0 N–H and O–H groups in total. The first-order valence-corrected chi connectivity index (χ1v) is 8.14. The summed E-state index contributed by atoms with van der Waals surface area (Å²) in [5.74, 6) is 0. The van der Waals surface area contributed by atoms with Crippen LogP contribution in [0.4, 0.5) is 0 Å². The number of unbranched alkanes of at least 4 members (excludes halogenated alkanes) is 8. The summed E-state index contributed by atoms with van der Waals surface area (Å²) in [5, 5.41) is 0. The topological polar surface area (TPSA) is 0 Å². The minimum atomic E-state index is 0.790. The Hall–Kier alpha value is 0. The average Bonchev–Trinajstić information content (AvgIpc) is 3.09. The number of hydrogen-bond donors (Lipinski definition) is 0. The second-order valence-corrected chi connectivity index (χ2v) is 6.15. The van der Waals surface area contributed by atoms with Gasteiger partial charge in [0.15, 0.2) is 0 Å². The van der Waals surface area contributed by atoms with Crippen molar-refractivity contribution in [2.75, 3.05) is 0 Å².